The first-order chi connectivity index (χ1) is 14.0. The van der Waals surface area contributed by atoms with Gasteiger partial charge in [-0.15, -0.1) is 22.7 Å². The monoisotopic (exact) mass is 431 g/mol. The van der Waals surface area contributed by atoms with Crippen LogP contribution in [-0.4, -0.2) is 32.1 Å². The van der Waals surface area contributed by atoms with Gasteiger partial charge in [-0.1, -0.05) is 0 Å². The fourth-order valence-electron chi connectivity index (χ4n) is 3.52. The Balaban J connectivity index is 1.77. The highest BCUT2D eigenvalue weighted by molar-refractivity contribution is 7.13. The number of aromatic nitrogens is 4. The van der Waals surface area contributed by atoms with Crippen LogP contribution in [0.2, 0.25) is 0 Å². The first kappa shape index (κ1) is 19.7. The number of fused-ring (bicyclic) bond motifs is 1. The molecule has 0 aliphatic carbocycles. The highest BCUT2D eigenvalue weighted by Gasteiger charge is 2.28. The number of aryl methyl sites for hydroxylation is 3. The molecule has 0 aromatic carbocycles. The Labute approximate surface area is 175 Å². The molecule has 10 heteroatoms. The molecule has 0 unspecified atom stereocenters. The average molecular weight is 432 g/mol. The molecule has 1 atom stereocenters. The Morgan fingerprint density at radius 2 is 2.21 bits per heavy atom. The zero-order valence-electron chi connectivity index (χ0n) is 16.4. The molecule has 3 aromatic rings. The van der Waals surface area contributed by atoms with E-state index in [1.54, 1.807) is 30.0 Å². The van der Waals surface area contributed by atoms with Gasteiger partial charge in [-0.3, -0.25) is 19.1 Å². The number of carbonyl (C=O) groups excluding carboxylic acids is 1. The van der Waals surface area contributed by atoms with Crippen molar-refractivity contribution in [1.82, 2.24) is 19.5 Å². The van der Waals surface area contributed by atoms with Crippen molar-refractivity contribution >= 4 is 34.3 Å². The Morgan fingerprint density at radius 3 is 2.86 bits per heavy atom. The highest BCUT2D eigenvalue weighted by Crippen LogP contribution is 2.35. The number of ether oxygens (including phenoxy) is 1. The van der Waals surface area contributed by atoms with Gasteiger partial charge in [0.05, 0.1) is 39.4 Å². The summed E-state index contributed by atoms with van der Waals surface area (Å²) in [7, 11) is 0. The van der Waals surface area contributed by atoms with Crippen LogP contribution >= 0.6 is 22.7 Å². The van der Waals surface area contributed by atoms with E-state index in [9.17, 15) is 9.59 Å². The fourth-order valence-corrected chi connectivity index (χ4v) is 5.15. The van der Waals surface area contributed by atoms with E-state index in [1.165, 1.54) is 15.9 Å². The molecule has 0 saturated carbocycles. The number of carbonyl (C=O) groups is 1. The molecule has 3 aromatic heterocycles. The van der Waals surface area contributed by atoms with Crippen LogP contribution < -0.4 is 10.9 Å². The number of hydrogen-bond acceptors (Lipinski definition) is 9. The minimum Gasteiger partial charge on any atom is -0.465 e. The Morgan fingerprint density at radius 1 is 1.38 bits per heavy atom. The number of anilines is 1. The lowest BCUT2D eigenvalue weighted by Gasteiger charge is -2.26. The zero-order chi connectivity index (χ0) is 20.5. The Kier molecular flexibility index (Phi) is 5.46. The summed E-state index contributed by atoms with van der Waals surface area (Å²) in [5.41, 5.74) is 3.56. The molecule has 0 spiro atoms. The van der Waals surface area contributed by atoms with Gasteiger partial charge in [0.1, 0.15) is 12.2 Å². The van der Waals surface area contributed by atoms with Crippen molar-refractivity contribution in [3.8, 4) is 10.7 Å². The van der Waals surface area contributed by atoms with Crippen LogP contribution in [0.25, 0.3) is 10.7 Å². The molecule has 1 N–H and O–H groups in total. The zero-order valence-corrected chi connectivity index (χ0v) is 18.0. The van der Waals surface area contributed by atoms with Gasteiger partial charge in [0.2, 0.25) is 0 Å². The van der Waals surface area contributed by atoms with E-state index in [4.69, 9.17) is 9.72 Å². The van der Waals surface area contributed by atoms with Gasteiger partial charge >= 0.3 is 5.97 Å². The minimum absolute atomic E-state index is 0.00787. The average Bonchev–Trinajstić information content (AvgIpc) is 3.33. The first-order valence-electron chi connectivity index (χ1n) is 9.36. The normalized spacial score (nSPS) is 15.6. The van der Waals surface area contributed by atoms with Crippen molar-refractivity contribution in [2.45, 2.75) is 46.2 Å². The first-order valence-corrected chi connectivity index (χ1v) is 11.1. The maximum absolute atomic E-state index is 13.4. The number of thiazole rings is 2. The van der Waals surface area contributed by atoms with Crippen LogP contribution in [0, 0.1) is 13.8 Å². The summed E-state index contributed by atoms with van der Waals surface area (Å²) >= 11 is 3.02. The maximum atomic E-state index is 13.4. The van der Waals surface area contributed by atoms with Crippen molar-refractivity contribution in [1.29, 1.82) is 0 Å². The molecule has 0 radical (unpaired) electrons. The molecule has 1 aliphatic rings. The van der Waals surface area contributed by atoms with Crippen molar-refractivity contribution < 1.29 is 9.53 Å². The van der Waals surface area contributed by atoms with E-state index >= 15 is 0 Å². The van der Waals surface area contributed by atoms with Gasteiger partial charge in [0.25, 0.3) is 5.56 Å². The summed E-state index contributed by atoms with van der Waals surface area (Å²) < 4.78 is 6.44. The summed E-state index contributed by atoms with van der Waals surface area (Å²) in [6, 6.07) is 0.00787. The molecule has 0 bridgehead atoms. The predicted molar refractivity (Wildman–Crippen MR) is 113 cm³/mol. The summed E-state index contributed by atoms with van der Waals surface area (Å²) in [6.07, 6.45) is 3.15. The molecule has 0 saturated heterocycles. The quantitative estimate of drug-likeness (QED) is 0.620. The third-order valence-electron chi connectivity index (χ3n) is 4.73. The molecular formula is C19H21N5O3S2. The molecule has 4 heterocycles. The number of nitrogens with one attached hydrogen (secondary N) is 1. The second kappa shape index (κ2) is 8.03. The molecule has 152 valence electrons. The Hall–Kier alpha value is -2.59. The van der Waals surface area contributed by atoms with Crippen molar-refractivity contribution in [3.05, 3.63) is 43.3 Å². The van der Waals surface area contributed by atoms with E-state index in [-0.39, 0.29) is 24.8 Å². The predicted octanol–water partition coefficient (Wildman–Crippen LogP) is 3.10. The third kappa shape index (κ3) is 3.82. The lowest BCUT2D eigenvalue weighted by Crippen LogP contribution is -2.34. The van der Waals surface area contributed by atoms with Crippen LogP contribution in [-0.2, 0) is 22.5 Å². The molecule has 0 fully saturated rings. The maximum Gasteiger partial charge on any atom is 0.326 e. The summed E-state index contributed by atoms with van der Waals surface area (Å²) in [5, 5.41) is 4.37. The van der Waals surface area contributed by atoms with Crippen LogP contribution in [0.3, 0.4) is 0 Å². The molecule has 29 heavy (non-hydrogen) atoms. The number of esters is 1. The lowest BCUT2D eigenvalue weighted by molar-refractivity contribution is -0.143. The molecule has 1 aliphatic heterocycles. The van der Waals surface area contributed by atoms with E-state index in [1.807, 2.05) is 13.8 Å². The minimum atomic E-state index is -0.469. The van der Waals surface area contributed by atoms with Crippen LogP contribution in [0.1, 0.15) is 40.7 Å². The number of rotatable bonds is 5. The van der Waals surface area contributed by atoms with Crippen molar-refractivity contribution in [3.63, 3.8) is 0 Å². The third-order valence-corrected chi connectivity index (χ3v) is 6.69. The van der Waals surface area contributed by atoms with Crippen molar-refractivity contribution in [2.24, 2.45) is 0 Å². The second-order valence-corrected chi connectivity index (χ2v) is 8.86. The molecule has 8 nitrogen and oxygen atoms in total. The largest absolute Gasteiger partial charge is 0.465 e. The highest BCUT2D eigenvalue weighted by atomic mass is 32.1. The molecule has 4 rings (SSSR count). The van der Waals surface area contributed by atoms with E-state index in [2.05, 4.69) is 15.3 Å². The van der Waals surface area contributed by atoms with Crippen molar-refractivity contribution in [2.75, 3.05) is 11.9 Å². The Bertz CT molecular complexity index is 1100. The topological polar surface area (TPSA) is 99.0 Å². The van der Waals surface area contributed by atoms with Gasteiger partial charge in [0.15, 0.2) is 5.82 Å². The van der Waals surface area contributed by atoms with Gasteiger partial charge in [-0.25, -0.2) is 9.97 Å². The molecule has 0 amide bonds. The summed E-state index contributed by atoms with van der Waals surface area (Å²) in [6.45, 7) is 5.77. The SMILES string of the molecule is CCOC(=O)Cn1c(-c2cncs2)nc2c(c1=O)N[C@H](c1sc(C)nc1C)CC2. The van der Waals surface area contributed by atoms with E-state index in [0.29, 0.717) is 23.6 Å². The number of hydrogen-bond donors (Lipinski definition) is 1. The van der Waals surface area contributed by atoms with Crippen LogP contribution in [0.5, 0.6) is 0 Å². The van der Waals surface area contributed by atoms with E-state index < -0.39 is 5.97 Å². The fraction of sp³-hybridized carbons (Fsp3) is 0.421. The summed E-state index contributed by atoms with van der Waals surface area (Å²) in [5.74, 6) is -0.0160. The van der Waals surface area contributed by atoms with Gasteiger partial charge in [0, 0.05) is 11.1 Å². The second-order valence-electron chi connectivity index (χ2n) is 6.74. The van der Waals surface area contributed by atoms with Gasteiger partial charge in [-0.2, -0.15) is 0 Å². The summed E-state index contributed by atoms with van der Waals surface area (Å²) in [4.78, 5) is 40.7. The van der Waals surface area contributed by atoms with E-state index in [0.717, 1.165) is 26.9 Å². The van der Waals surface area contributed by atoms with Gasteiger partial charge < -0.3 is 10.1 Å². The van der Waals surface area contributed by atoms with Crippen LogP contribution in [0.4, 0.5) is 5.69 Å². The smallest absolute Gasteiger partial charge is 0.326 e. The van der Waals surface area contributed by atoms with Crippen LogP contribution in [0.15, 0.2) is 16.5 Å². The molecular weight excluding hydrogens is 410 g/mol. The van der Waals surface area contributed by atoms with Gasteiger partial charge in [-0.05, 0) is 33.6 Å². The standard InChI is InChI=1S/C19H21N5O3S2/c1-4-27-15(25)8-24-18(14-7-20-9-28-14)23-12-5-6-13(22-16(12)19(24)26)17-10(2)21-11(3)29-17/h7,9,13,22H,4-6,8H2,1-3H3/t13-/m0/s1. The number of nitrogens with zero attached hydrogens (tertiary/aromatic N) is 4. The lowest BCUT2D eigenvalue weighted by atomic mass is 10.0.